The molecule has 0 bridgehead atoms. The van der Waals surface area contributed by atoms with Crippen molar-refractivity contribution < 1.29 is 13.2 Å². The monoisotopic (exact) mass is 343 g/mol. The van der Waals surface area contributed by atoms with E-state index in [9.17, 15) is 8.78 Å². The zero-order valence-electron chi connectivity index (χ0n) is 11.1. The Hall–Kier alpha value is -1.20. The fourth-order valence-corrected chi connectivity index (χ4v) is 2.57. The minimum absolute atomic E-state index is 0.125. The van der Waals surface area contributed by atoms with Crippen molar-refractivity contribution >= 4 is 15.9 Å². The van der Waals surface area contributed by atoms with Crippen molar-refractivity contribution in [1.29, 1.82) is 0 Å². The average Bonchev–Trinajstić information content (AvgIpc) is 2.79. The number of hydrogen-bond donors (Lipinski definition) is 1. The van der Waals surface area contributed by atoms with E-state index in [4.69, 9.17) is 4.42 Å². The molecule has 1 unspecified atom stereocenters. The molecule has 1 aromatic heterocycles. The molecule has 0 amide bonds. The molecule has 1 N–H and O–H groups in total. The largest absolute Gasteiger partial charge is 0.466 e. The van der Waals surface area contributed by atoms with Gasteiger partial charge in [-0.25, -0.2) is 8.78 Å². The first-order valence-electron chi connectivity index (χ1n) is 6.51. The molecule has 1 aromatic carbocycles. The topological polar surface area (TPSA) is 25.2 Å². The van der Waals surface area contributed by atoms with E-state index in [1.54, 1.807) is 6.26 Å². The van der Waals surface area contributed by atoms with Gasteiger partial charge in [0, 0.05) is 6.07 Å². The van der Waals surface area contributed by atoms with Crippen molar-refractivity contribution in [2.24, 2.45) is 0 Å². The summed E-state index contributed by atoms with van der Waals surface area (Å²) in [7, 11) is 0. The van der Waals surface area contributed by atoms with Gasteiger partial charge in [-0.2, -0.15) is 0 Å². The van der Waals surface area contributed by atoms with E-state index in [0.717, 1.165) is 29.3 Å². The molecule has 0 saturated carbocycles. The number of halogens is 3. The molecule has 0 aliphatic heterocycles. The van der Waals surface area contributed by atoms with Crippen LogP contribution in [0.4, 0.5) is 8.78 Å². The van der Waals surface area contributed by atoms with Gasteiger partial charge in [0.05, 0.1) is 16.8 Å². The van der Waals surface area contributed by atoms with Crippen LogP contribution in [0.5, 0.6) is 0 Å². The Morgan fingerprint density at radius 2 is 1.95 bits per heavy atom. The minimum Gasteiger partial charge on any atom is -0.466 e. The highest BCUT2D eigenvalue weighted by atomic mass is 79.9. The summed E-state index contributed by atoms with van der Waals surface area (Å²) < 4.78 is 32.8. The summed E-state index contributed by atoms with van der Waals surface area (Å²) in [6, 6.07) is 5.25. The molecule has 0 aliphatic carbocycles. The number of benzene rings is 1. The average molecular weight is 344 g/mol. The number of rotatable bonds is 6. The van der Waals surface area contributed by atoms with Crippen molar-refractivity contribution in [2.45, 2.75) is 25.8 Å². The van der Waals surface area contributed by atoms with Gasteiger partial charge in [0.25, 0.3) is 0 Å². The van der Waals surface area contributed by atoms with Gasteiger partial charge in [0.1, 0.15) is 17.4 Å². The summed E-state index contributed by atoms with van der Waals surface area (Å²) >= 11 is 3.42. The smallest absolute Gasteiger partial charge is 0.135 e. The molecule has 0 saturated heterocycles. The molecule has 5 heteroatoms. The Kier molecular flexibility index (Phi) is 5.31. The van der Waals surface area contributed by atoms with Crippen LogP contribution in [-0.2, 0) is 6.42 Å². The van der Waals surface area contributed by atoms with Crippen molar-refractivity contribution in [3.8, 4) is 0 Å². The molecule has 0 aliphatic rings. The maximum absolute atomic E-state index is 13.3. The lowest BCUT2D eigenvalue weighted by atomic mass is 10.0. The molecule has 108 valence electrons. The maximum atomic E-state index is 13.3. The van der Waals surface area contributed by atoms with Gasteiger partial charge in [0.15, 0.2) is 0 Å². The first-order chi connectivity index (χ1) is 9.60. The Morgan fingerprint density at radius 3 is 2.50 bits per heavy atom. The van der Waals surface area contributed by atoms with Crippen molar-refractivity contribution in [1.82, 2.24) is 5.32 Å². The van der Waals surface area contributed by atoms with E-state index < -0.39 is 11.6 Å². The lowest BCUT2D eigenvalue weighted by Crippen LogP contribution is -2.24. The van der Waals surface area contributed by atoms with Crippen LogP contribution in [0.2, 0.25) is 0 Å². The zero-order chi connectivity index (χ0) is 14.5. The Balaban J connectivity index is 2.21. The zero-order valence-corrected chi connectivity index (χ0v) is 12.7. The molecule has 0 spiro atoms. The third-order valence-corrected chi connectivity index (χ3v) is 3.62. The predicted molar refractivity (Wildman–Crippen MR) is 77.5 cm³/mol. The van der Waals surface area contributed by atoms with Crippen LogP contribution in [0.3, 0.4) is 0 Å². The van der Waals surface area contributed by atoms with Crippen LogP contribution in [0.15, 0.2) is 39.4 Å². The Labute approximate surface area is 125 Å². The first kappa shape index (κ1) is 15.2. The Morgan fingerprint density at radius 1 is 1.25 bits per heavy atom. The summed E-state index contributed by atoms with van der Waals surface area (Å²) in [5.41, 5.74) is 0.597. The highest BCUT2D eigenvalue weighted by molar-refractivity contribution is 9.10. The van der Waals surface area contributed by atoms with E-state index >= 15 is 0 Å². The number of hydrogen-bond acceptors (Lipinski definition) is 2. The molecular weight excluding hydrogens is 328 g/mol. The highest BCUT2D eigenvalue weighted by Crippen LogP contribution is 2.27. The predicted octanol–water partition coefficient (Wildman–Crippen LogP) is 4.60. The van der Waals surface area contributed by atoms with Crippen molar-refractivity contribution in [2.75, 3.05) is 6.54 Å². The molecule has 1 heterocycles. The van der Waals surface area contributed by atoms with Gasteiger partial charge in [-0.15, -0.1) is 0 Å². The van der Waals surface area contributed by atoms with Crippen LogP contribution < -0.4 is 5.32 Å². The quantitative estimate of drug-likeness (QED) is 0.828. The van der Waals surface area contributed by atoms with E-state index in [-0.39, 0.29) is 6.04 Å². The van der Waals surface area contributed by atoms with Crippen LogP contribution in [0, 0.1) is 11.6 Å². The van der Waals surface area contributed by atoms with E-state index in [0.29, 0.717) is 12.0 Å². The van der Waals surface area contributed by atoms with Crippen molar-refractivity contribution in [3.63, 3.8) is 0 Å². The summed E-state index contributed by atoms with van der Waals surface area (Å²) in [6.07, 6.45) is 3.01. The van der Waals surface area contributed by atoms with Crippen LogP contribution in [0.1, 0.15) is 30.7 Å². The van der Waals surface area contributed by atoms with Gasteiger partial charge in [-0.1, -0.05) is 6.92 Å². The van der Waals surface area contributed by atoms with E-state index in [2.05, 4.69) is 28.2 Å². The molecule has 0 fully saturated rings. The molecule has 2 nitrogen and oxygen atoms in total. The second kappa shape index (κ2) is 6.99. The first-order valence-corrected chi connectivity index (χ1v) is 7.30. The summed E-state index contributed by atoms with van der Waals surface area (Å²) in [4.78, 5) is 0. The molecule has 2 rings (SSSR count). The lowest BCUT2D eigenvalue weighted by Gasteiger charge is -2.17. The third-order valence-electron chi connectivity index (χ3n) is 2.96. The normalized spacial score (nSPS) is 12.6. The van der Waals surface area contributed by atoms with E-state index in [1.165, 1.54) is 12.1 Å². The number of nitrogens with one attached hydrogen (secondary N) is 1. The third kappa shape index (κ3) is 3.90. The van der Waals surface area contributed by atoms with Gasteiger partial charge < -0.3 is 9.73 Å². The standard InChI is InChI=1S/C15H16BrF2NO/c1-2-4-19-14(15-13(16)3-5-20-15)8-10-6-11(17)9-12(18)7-10/h3,5-7,9,14,19H,2,4,8H2,1H3. The van der Waals surface area contributed by atoms with Gasteiger partial charge >= 0.3 is 0 Å². The molecule has 0 radical (unpaired) electrons. The van der Waals surface area contributed by atoms with Crippen LogP contribution in [0.25, 0.3) is 0 Å². The van der Waals surface area contributed by atoms with Crippen molar-refractivity contribution in [3.05, 3.63) is 58.0 Å². The molecular formula is C15H16BrF2NO. The van der Waals surface area contributed by atoms with Gasteiger partial charge in [-0.3, -0.25) is 0 Å². The highest BCUT2D eigenvalue weighted by Gasteiger charge is 2.18. The fourth-order valence-electron chi connectivity index (χ4n) is 2.09. The second-order valence-corrected chi connectivity index (χ2v) is 5.48. The Bertz CT molecular complexity index is 551. The summed E-state index contributed by atoms with van der Waals surface area (Å²) in [6.45, 7) is 2.86. The second-order valence-electron chi connectivity index (χ2n) is 4.62. The van der Waals surface area contributed by atoms with Crippen LogP contribution >= 0.6 is 15.9 Å². The maximum Gasteiger partial charge on any atom is 0.135 e. The molecule has 2 aromatic rings. The van der Waals surface area contributed by atoms with E-state index in [1.807, 2.05) is 6.07 Å². The number of furan rings is 1. The molecule has 20 heavy (non-hydrogen) atoms. The summed E-state index contributed by atoms with van der Waals surface area (Å²) in [5.74, 6) is -0.386. The summed E-state index contributed by atoms with van der Waals surface area (Å²) in [5, 5.41) is 3.33. The lowest BCUT2D eigenvalue weighted by molar-refractivity contribution is 0.407. The fraction of sp³-hybridized carbons (Fsp3) is 0.333. The molecule has 1 atom stereocenters. The van der Waals surface area contributed by atoms with Crippen LogP contribution in [-0.4, -0.2) is 6.54 Å². The minimum atomic E-state index is -0.562. The van der Waals surface area contributed by atoms with Gasteiger partial charge in [-0.05, 0) is 59.1 Å². The SMILES string of the molecule is CCCNC(Cc1cc(F)cc(F)c1)c1occc1Br. The van der Waals surface area contributed by atoms with Gasteiger partial charge in [0.2, 0.25) is 0 Å².